The molecule has 0 bridgehead atoms. The molecule has 0 unspecified atom stereocenters. The maximum absolute atomic E-state index is 11.7. The second-order valence-electron chi connectivity index (χ2n) is 5.86. The molecule has 0 amide bonds. The van der Waals surface area contributed by atoms with Crippen molar-refractivity contribution in [2.75, 3.05) is 39.9 Å². The maximum atomic E-state index is 11.7. The number of hydrogen-bond acceptors (Lipinski definition) is 5. The lowest BCUT2D eigenvalue weighted by Gasteiger charge is -2.36. The van der Waals surface area contributed by atoms with Crippen LogP contribution in [0.3, 0.4) is 0 Å². The third-order valence-electron chi connectivity index (χ3n) is 3.59. The second kappa shape index (κ2) is 7.82. The fraction of sp³-hybridized carbons (Fsp3) is 0.929. The zero-order valence-corrected chi connectivity index (χ0v) is 12.5. The van der Waals surface area contributed by atoms with Gasteiger partial charge in [-0.15, -0.1) is 0 Å². The Hall–Kier alpha value is -0.650. The van der Waals surface area contributed by atoms with Gasteiger partial charge in [0.2, 0.25) is 0 Å². The first-order valence-corrected chi connectivity index (χ1v) is 7.12. The Bertz CT molecular complexity index is 274. The van der Waals surface area contributed by atoms with Crippen molar-refractivity contribution in [3.05, 3.63) is 0 Å². The molecule has 0 aromatic rings. The number of likely N-dealkylation sites (tertiary alicyclic amines) is 1. The summed E-state index contributed by atoms with van der Waals surface area (Å²) in [5.74, 6) is -0.145. The molecule has 1 aliphatic rings. The van der Waals surface area contributed by atoms with Gasteiger partial charge in [-0.1, -0.05) is 0 Å². The van der Waals surface area contributed by atoms with Crippen LogP contribution < -0.4 is 5.73 Å². The Morgan fingerprint density at radius 2 is 2.00 bits per heavy atom. The van der Waals surface area contributed by atoms with Gasteiger partial charge in [-0.05, 0) is 39.7 Å². The number of nitrogens with two attached hydrogens (primary N) is 1. The van der Waals surface area contributed by atoms with Gasteiger partial charge in [0.15, 0.2) is 0 Å². The molecule has 1 saturated heterocycles. The smallest absolute Gasteiger partial charge is 0.312 e. The number of carbonyl (C=O) groups is 1. The van der Waals surface area contributed by atoms with Crippen molar-refractivity contribution < 1.29 is 14.3 Å². The van der Waals surface area contributed by atoms with Gasteiger partial charge >= 0.3 is 5.97 Å². The van der Waals surface area contributed by atoms with E-state index in [0.29, 0.717) is 12.6 Å². The molecule has 0 spiro atoms. The molecule has 2 N–H and O–H groups in total. The van der Waals surface area contributed by atoms with Crippen molar-refractivity contribution in [2.24, 2.45) is 11.1 Å². The minimum Gasteiger partial charge on any atom is -0.469 e. The number of methoxy groups -OCH3 is 1. The lowest BCUT2D eigenvalue weighted by atomic mass is 9.92. The van der Waals surface area contributed by atoms with Crippen LogP contribution >= 0.6 is 0 Å². The third kappa shape index (κ3) is 5.47. The SMILES string of the molecule is COC(=O)C(C)(C)CN1CCC(OCCCN)CC1. The standard InChI is InChI=1S/C14H28N2O3/c1-14(2,13(17)18-3)11-16-8-5-12(6-9-16)19-10-4-7-15/h12H,4-11,15H2,1-3H3. The first-order chi connectivity index (χ1) is 8.99. The highest BCUT2D eigenvalue weighted by Crippen LogP contribution is 2.22. The highest BCUT2D eigenvalue weighted by Gasteiger charge is 2.32. The van der Waals surface area contributed by atoms with E-state index in [-0.39, 0.29) is 5.97 Å². The summed E-state index contributed by atoms with van der Waals surface area (Å²) in [4.78, 5) is 14.0. The topological polar surface area (TPSA) is 64.8 Å². The molecule has 0 saturated carbocycles. The normalized spacial score (nSPS) is 18.5. The van der Waals surface area contributed by atoms with Gasteiger partial charge in [-0.3, -0.25) is 4.79 Å². The van der Waals surface area contributed by atoms with Crippen LogP contribution in [-0.2, 0) is 14.3 Å². The Kier molecular flexibility index (Phi) is 6.75. The molecule has 0 aromatic carbocycles. The molecule has 0 aliphatic carbocycles. The molecule has 1 aliphatic heterocycles. The van der Waals surface area contributed by atoms with E-state index in [1.807, 2.05) is 13.8 Å². The van der Waals surface area contributed by atoms with Crippen molar-refractivity contribution in [1.29, 1.82) is 0 Å². The van der Waals surface area contributed by atoms with E-state index in [0.717, 1.165) is 45.5 Å². The van der Waals surface area contributed by atoms with Crippen LogP contribution in [0.4, 0.5) is 0 Å². The lowest BCUT2D eigenvalue weighted by Crippen LogP contribution is -2.44. The minimum atomic E-state index is -0.442. The molecule has 1 heterocycles. The average Bonchev–Trinajstić information content (AvgIpc) is 2.39. The number of hydrogen-bond donors (Lipinski definition) is 1. The molecule has 0 atom stereocenters. The van der Waals surface area contributed by atoms with Crippen LogP contribution in [0.1, 0.15) is 33.1 Å². The first kappa shape index (κ1) is 16.4. The summed E-state index contributed by atoms with van der Waals surface area (Å²) >= 11 is 0. The Morgan fingerprint density at radius 3 is 2.53 bits per heavy atom. The maximum Gasteiger partial charge on any atom is 0.312 e. The molecule has 1 rings (SSSR count). The van der Waals surface area contributed by atoms with E-state index in [4.69, 9.17) is 15.2 Å². The zero-order chi connectivity index (χ0) is 14.3. The van der Waals surface area contributed by atoms with Crippen LogP contribution in [0.15, 0.2) is 0 Å². The van der Waals surface area contributed by atoms with Crippen LogP contribution in [-0.4, -0.2) is 56.9 Å². The summed E-state index contributed by atoms with van der Waals surface area (Å²) in [5, 5.41) is 0. The molecular formula is C14H28N2O3. The van der Waals surface area contributed by atoms with Crippen LogP contribution in [0, 0.1) is 5.41 Å². The first-order valence-electron chi connectivity index (χ1n) is 7.12. The van der Waals surface area contributed by atoms with E-state index in [2.05, 4.69) is 4.90 Å². The van der Waals surface area contributed by atoms with Gasteiger partial charge < -0.3 is 20.1 Å². The van der Waals surface area contributed by atoms with Gasteiger partial charge in [-0.25, -0.2) is 0 Å². The van der Waals surface area contributed by atoms with Crippen molar-refractivity contribution in [1.82, 2.24) is 4.90 Å². The molecule has 19 heavy (non-hydrogen) atoms. The predicted molar refractivity (Wildman–Crippen MR) is 74.9 cm³/mol. The van der Waals surface area contributed by atoms with Gasteiger partial charge in [0, 0.05) is 26.2 Å². The van der Waals surface area contributed by atoms with Gasteiger partial charge in [0.05, 0.1) is 18.6 Å². The number of rotatable bonds is 7. The lowest BCUT2D eigenvalue weighted by molar-refractivity contribution is -0.152. The van der Waals surface area contributed by atoms with E-state index in [1.165, 1.54) is 7.11 Å². The van der Waals surface area contributed by atoms with Crippen molar-refractivity contribution in [2.45, 2.75) is 39.2 Å². The number of ether oxygens (including phenoxy) is 2. The Balaban J connectivity index is 2.28. The van der Waals surface area contributed by atoms with Crippen molar-refractivity contribution >= 4 is 5.97 Å². The third-order valence-corrected chi connectivity index (χ3v) is 3.59. The summed E-state index contributed by atoms with van der Waals surface area (Å²) < 4.78 is 10.6. The second-order valence-corrected chi connectivity index (χ2v) is 5.86. The van der Waals surface area contributed by atoms with Gasteiger partial charge in [-0.2, -0.15) is 0 Å². The number of esters is 1. The van der Waals surface area contributed by atoms with Crippen LogP contribution in [0.2, 0.25) is 0 Å². The fourth-order valence-corrected chi connectivity index (χ4v) is 2.47. The van der Waals surface area contributed by atoms with Crippen LogP contribution in [0.25, 0.3) is 0 Å². The van der Waals surface area contributed by atoms with Crippen molar-refractivity contribution in [3.63, 3.8) is 0 Å². The van der Waals surface area contributed by atoms with Gasteiger partial charge in [0.25, 0.3) is 0 Å². The van der Waals surface area contributed by atoms with E-state index in [1.54, 1.807) is 0 Å². The van der Waals surface area contributed by atoms with Crippen LogP contribution in [0.5, 0.6) is 0 Å². The summed E-state index contributed by atoms with van der Waals surface area (Å²) in [6.07, 6.45) is 3.34. The summed E-state index contributed by atoms with van der Waals surface area (Å²) in [6, 6.07) is 0. The van der Waals surface area contributed by atoms with E-state index in [9.17, 15) is 4.79 Å². The number of nitrogens with zero attached hydrogens (tertiary/aromatic N) is 1. The van der Waals surface area contributed by atoms with E-state index < -0.39 is 5.41 Å². The quantitative estimate of drug-likeness (QED) is 0.553. The van der Waals surface area contributed by atoms with Gasteiger partial charge in [0.1, 0.15) is 0 Å². The summed E-state index contributed by atoms with van der Waals surface area (Å²) in [6.45, 7) is 8.02. The molecule has 0 aromatic heterocycles. The molecule has 1 fully saturated rings. The number of piperidine rings is 1. The highest BCUT2D eigenvalue weighted by atomic mass is 16.5. The average molecular weight is 272 g/mol. The van der Waals surface area contributed by atoms with E-state index >= 15 is 0 Å². The molecule has 112 valence electrons. The minimum absolute atomic E-state index is 0.145. The molecule has 0 radical (unpaired) electrons. The fourth-order valence-electron chi connectivity index (χ4n) is 2.47. The summed E-state index contributed by atoms with van der Waals surface area (Å²) in [7, 11) is 1.45. The Labute approximate surface area is 116 Å². The predicted octanol–water partition coefficient (Wildman–Crippen LogP) is 1.02. The highest BCUT2D eigenvalue weighted by molar-refractivity contribution is 5.76. The zero-order valence-electron chi connectivity index (χ0n) is 12.5. The van der Waals surface area contributed by atoms with Crippen molar-refractivity contribution in [3.8, 4) is 0 Å². The monoisotopic (exact) mass is 272 g/mol. The Morgan fingerprint density at radius 1 is 1.37 bits per heavy atom. The molecule has 5 nitrogen and oxygen atoms in total. The number of carbonyl (C=O) groups excluding carboxylic acids is 1. The largest absolute Gasteiger partial charge is 0.469 e. The molecule has 5 heteroatoms. The summed E-state index contributed by atoms with van der Waals surface area (Å²) in [5.41, 5.74) is 5.00. The molecular weight excluding hydrogens is 244 g/mol.